The van der Waals surface area contributed by atoms with Gasteiger partial charge in [0.15, 0.2) is 0 Å². The van der Waals surface area contributed by atoms with Crippen molar-refractivity contribution in [1.82, 2.24) is 0 Å². The van der Waals surface area contributed by atoms with Crippen molar-refractivity contribution in [2.75, 3.05) is 7.11 Å². The van der Waals surface area contributed by atoms with E-state index in [4.69, 9.17) is 9.47 Å². The molecule has 0 bridgehead atoms. The molecule has 5 heteroatoms. The summed E-state index contributed by atoms with van der Waals surface area (Å²) >= 11 is 0. The number of methoxy groups -OCH3 is 1. The van der Waals surface area contributed by atoms with Crippen LogP contribution in [0.1, 0.15) is 115 Å². The van der Waals surface area contributed by atoms with Gasteiger partial charge in [0.1, 0.15) is 17.2 Å². The first-order valence-corrected chi connectivity index (χ1v) is 14.3. The van der Waals surface area contributed by atoms with E-state index in [1.807, 2.05) is 0 Å². The van der Waals surface area contributed by atoms with Crippen LogP contribution in [0.25, 0.3) is 0 Å². The molecular formula is C32H47NO4. The number of aliphatic imine (C=N–C) groups is 1. The number of rotatable bonds is 20. The molecule has 0 amide bonds. The molecule has 0 atom stereocenters. The van der Waals surface area contributed by atoms with Crippen molar-refractivity contribution in [3.05, 3.63) is 48.0 Å². The highest BCUT2D eigenvalue weighted by atomic mass is 16.5. The molecule has 0 spiro atoms. The molecule has 0 saturated carbocycles. The van der Waals surface area contributed by atoms with E-state index in [1.54, 1.807) is 55.8 Å². The van der Waals surface area contributed by atoms with Crippen molar-refractivity contribution >= 4 is 17.9 Å². The Morgan fingerprint density at radius 3 is 1.78 bits per heavy atom. The standard InChI is InChI=1S/C32H47NO4/c1-3-4-5-6-7-8-9-10-11-12-13-14-15-16-17-18-32(35)37-29-23-20-28(21-24-29)33-26-27-19-22-30(36-2)25-31(27)34/h19-26,34H,3-18H2,1-2H3. The second-order valence-electron chi connectivity index (χ2n) is 9.85. The second kappa shape index (κ2) is 19.3. The van der Waals surface area contributed by atoms with Gasteiger partial charge in [-0.1, -0.05) is 96.8 Å². The first kappa shape index (κ1) is 30.4. The van der Waals surface area contributed by atoms with Crippen LogP contribution in [-0.2, 0) is 4.79 Å². The van der Waals surface area contributed by atoms with E-state index in [0.29, 0.717) is 29.2 Å². The summed E-state index contributed by atoms with van der Waals surface area (Å²) in [5.41, 5.74) is 1.30. The lowest BCUT2D eigenvalue weighted by atomic mass is 10.0. The molecule has 0 fully saturated rings. The number of hydrogen-bond acceptors (Lipinski definition) is 5. The molecule has 0 radical (unpaired) electrons. The molecule has 5 nitrogen and oxygen atoms in total. The number of carbonyl (C=O) groups excluding carboxylic acids is 1. The number of ether oxygens (including phenoxy) is 2. The Hall–Kier alpha value is -2.82. The molecule has 204 valence electrons. The van der Waals surface area contributed by atoms with Crippen LogP contribution < -0.4 is 9.47 Å². The molecule has 0 unspecified atom stereocenters. The number of esters is 1. The van der Waals surface area contributed by atoms with E-state index in [0.717, 1.165) is 12.8 Å². The molecule has 0 aliphatic rings. The third-order valence-electron chi connectivity index (χ3n) is 6.64. The summed E-state index contributed by atoms with van der Waals surface area (Å²) < 4.78 is 10.5. The van der Waals surface area contributed by atoms with E-state index in [-0.39, 0.29) is 11.7 Å². The lowest BCUT2D eigenvalue weighted by molar-refractivity contribution is -0.134. The predicted molar refractivity (Wildman–Crippen MR) is 154 cm³/mol. The zero-order chi connectivity index (χ0) is 26.6. The van der Waals surface area contributed by atoms with Crippen LogP contribution in [0.3, 0.4) is 0 Å². The molecule has 1 N–H and O–H groups in total. The lowest BCUT2D eigenvalue weighted by Gasteiger charge is -2.05. The minimum absolute atomic E-state index is 0.104. The number of phenols is 1. The Balaban J connectivity index is 1.49. The van der Waals surface area contributed by atoms with Crippen LogP contribution in [0.4, 0.5) is 5.69 Å². The summed E-state index contributed by atoms with van der Waals surface area (Å²) in [4.78, 5) is 16.5. The monoisotopic (exact) mass is 509 g/mol. The fraction of sp³-hybridized carbons (Fsp3) is 0.562. The van der Waals surface area contributed by atoms with Crippen molar-refractivity contribution in [3.63, 3.8) is 0 Å². The van der Waals surface area contributed by atoms with Gasteiger partial charge >= 0.3 is 5.97 Å². The van der Waals surface area contributed by atoms with E-state index in [1.165, 1.54) is 83.5 Å². The number of hydrogen-bond donors (Lipinski definition) is 1. The van der Waals surface area contributed by atoms with Gasteiger partial charge in [0.05, 0.1) is 12.8 Å². The Kier molecular flexibility index (Phi) is 15.9. The van der Waals surface area contributed by atoms with Crippen LogP contribution in [-0.4, -0.2) is 24.4 Å². The van der Waals surface area contributed by atoms with Crippen LogP contribution in [0, 0.1) is 0 Å². The summed E-state index contributed by atoms with van der Waals surface area (Å²) in [5.74, 6) is 1.03. The maximum atomic E-state index is 12.1. The predicted octanol–water partition coefficient (Wildman–Crippen LogP) is 9.32. The molecular weight excluding hydrogens is 462 g/mol. The minimum Gasteiger partial charge on any atom is -0.507 e. The molecule has 37 heavy (non-hydrogen) atoms. The first-order valence-electron chi connectivity index (χ1n) is 14.3. The summed E-state index contributed by atoms with van der Waals surface area (Å²) in [5, 5.41) is 10.0. The van der Waals surface area contributed by atoms with Crippen molar-refractivity contribution in [1.29, 1.82) is 0 Å². The van der Waals surface area contributed by atoms with E-state index in [2.05, 4.69) is 11.9 Å². The third-order valence-corrected chi connectivity index (χ3v) is 6.64. The zero-order valence-electron chi connectivity index (χ0n) is 23.1. The van der Waals surface area contributed by atoms with Gasteiger partial charge in [-0.2, -0.15) is 0 Å². The van der Waals surface area contributed by atoms with Gasteiger partial charge in [0.25, 0.3) is 0 Å². The number of aromatic hydroxyl groups is 1. The molecule has 0 heterocycles. The first-order chi connectivity index (χ1) is 18.1. The average Bonchev–Trinajstić information content (AvgIpc) is 2.91. The fourth-order valence-corrected chi connectivity index (χ4v) is 4.33. The Bertz CT molecular complexity index is 908. The highest BCUT2D eigenvalue weighted by Crippen LogP contribution is 2.24. The quantitative estimate of drug-likeness (QED) is 0.0835. The molecule has 2 aromatic carbocycles. The maximum absolute atomic E-state index is 12.1. The van der Waals surface area contributed by atoms with Crippen LogP contribution >= 0.6 is 0 Å². The van der Waals surface area contributed by atoms with Crippen LogP contribution in [0.15, 0.2) is 47.5 Å². The number of phenolic OH excluding ortho intramolecular Hbond substituents is 1. The van der Waals surface area contributed by atoms with Gasteiger partial charge in [-0.25, -0.2) is 0 Å². The Labute approximate surface area is 224 Å². The third kappa shape index (κ3) is 13.9. The summed E-state index contributed by atoms with van der Waals surface area (Å²) in [6.07, 6.45) is 21.7. The van der Waals surface area contributed by atoms with Crippen LogP contribution in [0.2, 0.25) is 0 Å². The zero-order valence-corrected chi connectivity index (χ0v) is 23.1. The van der Waals surface area contributed by atoms with Crippen molar-refractivity contribution < 1.29 is 19.4 Å². The second-order valence-corrected chi connectivity index (χ2v) is 9.85. The number of carbonyl (C=O) groups is 1. The Morgan fingerprint density at radius 1 is 0.757 bits per heavy atom. The van der Waals surface area contributed by atoms with E-state index < -0.39 is 0 Å². The molecule has 0 aliphatic heterocycles. The van der Waals surface area contributed by atoms with Crippen molar-refractivity contribution in [3.8, 4) is 17.2 Å². The largest absolute Gasteiger partial charge is 0.507 e. The van der Waals surface area contributed by atoms with Gasteiger partial charge in [-0.3, -0.25) is 9.79 Å². The average molecular weight is 510 g/mol. The fourth-order valence-electron chi connectivity index (χ4n) is 4.33. The highest BCUT2D eigenvalue weighted by Gasteiger charge is 2.05. The lowest BCUT2D eigenvalue weighted by Crippen LogP contribution is -2.07. The molecule has 0 aliphatic carbocycles. The van der Waals surface area contributed by atoms with Gasteiger partial charge in [0, 0.05) is 24.3 Å². The SMILES string of the molecule is CCCCCCCCCCCCCCCCCC(=O)Oc1ccc(N=Cc2ccc(OC)cc2O)cc1. The number of benzene rings is 2. The molecule has 2 aromatic rings. The van der Waals surface area contributed by atoms with Gasteiger partial charge in [-0.15, -0.1) is 0 Å². The van der Waals surface area contributed by atoms with E-state index >= 15 is 0 Å². The minimum atomic E-state index is -0.186. The van der Waals surface area contributed by atoms with Gasteiger partial charge < -0.3 is 14.6 Å². The normalized spacial score (nSPS) is 11.2. The summed E-state index contributed by atoms with van der Waals surface area (Å²) in [6, 6.07) is 12.1. The molecule has 0 aromatic heterocycles. The van der Waals surface area contributed by atoms with Gasteiger partial charge in [0.2, 0.25) is 0 Å². The number of unbranched alkanes of at least 4 members (excludes halogenated alkanes) is 14. The Morgan fingerprint density at radius 2 is 1.27 bits per heavy atom. The van der Waals surface area contributed by atoms with Crippen LogP contribution in [0.5, 0.6) is 17.2 Å². The van der Waals surface area contributed by atoms with Crippen molar-refractivity contribution in [2.45, 2.75) is 110 Å². The molecule has 0 saturated heterocycles. The summed E-state index contributed by atoms with van der Waals surface area (Å²) in [7, 11) is 1.55. The topological polar surface area (TPSA) is 68.1 Å². The summed E-state index contributed by atoms with van der Waals surface area (Å²) in [6.45, 7) is 2.27. The number of nitrogens with zero attached hydrogens (tertiary/aromatic N) is 1. The maximum Gasteiger partial charge on any atom is 0.311 e. The van der Waals surface area contributed by atoms with E-state index in [9.17, 15) is 9.90 Å². The highest BCUT2D eigenvalue weighted by molar-refractivity contribution is 5.85. The smallest absolute Gasteiger partial charge is 0.311 e. The molecule has 2 rings (SSSR count). The van der Waals surface area contributed by atoms with Gasteiger partial charge in [-0.05, 0) is 42.8 Å². The van der Waals surface area contributed by atoms with Crippen molar-refractivity contribution in [2.24, 2.45) is 4.99 Å².